The maximum absolute atomic E-state index is 10.8. The van der Waals surface area contributed by atoms with Crippen molar-refractivity contribution in [3.05, 3.63) is 30.2 Å². The van der Waals surface area contributed by atoms with Gasteiger partial charge in [0.2, 0.25) is 5.69 Å². The number of pyridine rings is 1. The zero-order valence-electron chi connectivity index (χ0n) is 16.5. The summed E-state index contributed by atoms with van der Waals surface area (Å²) in [7, 11) is 0. The number of hydrogen-bond donors (Lipinski definition) is 5. The van der Waals surface area contributed by atoms with Gasteiger partial charge < -0.3 is 31.4 Å². The van der Waals surface area contributed by atoms with E-state index in [0.29, 0.717) is 25.8 Å². The van der Waals surface area contributed by atoms with E-state index in [1.807, 2.05) is 29.1 Å². The van der Waals surface area contributed by atoms with Gasteiger partial charge in [0.05, 0.1) is 0 Å². The second kappa shape index (κ2) is 10.9. The standard InChI is InChI=1S/C20H30N4O5/c21-16(19(26)27)5-1-3-8-23-10-7-14-11-15(13-25)24(12-18(14)23)9-4-2-6-17(22)20(28)29/h7,10-12,16-17,25H,1-6,8-9,13,21-22H2,(H-,26,27,28,29)/p+1/t16-,17-/m1/s1. The highest BCUT2D eigenvalue weighted by Crippen LogP contribution is 2.17. The van der Waals surface area contributed by atoms with Crippen molar-refractivity contribution >= 4 is 22.8 Å². The van der Waals surface area contributed by atoms with Crippen LogP contribution in [0.5, 0.6) is 0 Å². The molecule has 2 aromatic heterocycles. The molecule has 0 aromatic carbocycles. The van der Waals surface area contributed by atoms with Gasteiger partial charge in [-0.25, -0.2) is 0 Å². The van der Waals surface area contributed by atoms with Crippen LogP contribution in [0.3, 0.4) is 0 Å². The largest absolute Gasteiger partial charge is 0.480 e. The number of unbranched alkanes of at least 4 members (excludes halogenated alkanes) is 2. The highest BCUT2D eigenvalue weighted by molar-refractivity contribution is 5.78. The van der Waals surface area contributed by atoms with Crippen molar-refractivity contribution in [3.63, 3.8) is 0 Å². The molecule has 7 N–H and O–H groups in total. The molecule has 0 saturated carbocycles. The summed E-state index contributed by atoms with van der Waals surface area (Å²) in [4.78, 5) is 21.6. The average Bonchev–Trinajstić information content (AvgIpc) is 3.08. The van der Waals surface area contributed by atoms with Gasteiger partial charge in [0, 0.05) is 30.6 Å². The Morgan fingerprint density at radius 1 is 1.03 bits per heavy atom. The van der Waals surface area contributed by atoms with Crippen molar-refractivity contribution in [1.82, 2.24) is 4.57 Å². The van der Waals surface area contributed by atoms with E-state index in [0.717, 1.165) is 42.4 Å². The van der Waals surface area contributed by atoms with Crippen molar-refractivity contribution in [2.24, 2.45) is 11.5 Å². The van der Waals surface area contributed by atoms with Crippen LogP contribution in [0.15, 0.2) is 24.5 Å². The molecule has 160 valence electrons. The van der Waals surface area contributed by atoms with E-state index in [2.05, 4.69) is 4.57 Å². The lowest BCUT2D eigenvalue weighted by atomic mass is 10.1. The number of rotatable bonds is 13. The van der Waals surface area contributed by atoms with Crippen LogP contribution in [0.2, 0.25) is 0 Å². The Labute approximate surface area is 169 Å². The molecular weight excluding hydrogens is 376 g/mol. The number of carbonyl (C=O) groups is 2. The highest BCUT2D eigenvalue weighted by atomic mass is 16.4. The third-order valence-electron chi connectivity index (χ3n) is 5.13. The number of aryl methyl sites for hydroxylation is 2. The first-order valence-corrected chi connectivity index (χ1v) is 9.92. The molecule has 2 rings (SSSR count). The summed E-state index contributed by atoms with van der Waals surface area (Å²) in [6.45, 7) is 1.33. The molecule has 0 amide bonds. The smallest absolute Gasteiger partial charge is 0.320 e. The Morgan fingerprint density at radius 3 is 2.24 bits per heavy atom. The molecule has 0 bridgehead atoms. The van der Waals surface area contributed by atoms with Crippen molar-refractivity contribution < 1.29 is 29.5 Å². The van der Waals surface area contributed by atoms with E-state index in [1.165, 1.54) is 0 Å². The fraction of sp³-hybridized carbons (Fsp3) is 0.550. The Hall–Kier alpha value is -2.49. The number of fused-ring (bicyclic) bond motifs is 1. The molecule has 0 saturated heterocycles. The molecule has 2 atom stereocenters. The molecule has 0 unspecified atom stereocenters. The number of carboxylic acids is 2. The van der Waals surface area contributed by atoms with Gasteiger partial charge in [-0.2, -0.15) is 4.57 Å². The number of nitrogens with zero attached hydrogens (tertiary/aromatic N) is 2. The zero-order chi connectivity index (χ0) is 21.4. The summed E-state index contributed by atoms with van der Waals surface area (Å²) in [5.41, 5.74) is 12.9. The van der Waals surface area contributed by atoms with Crippen LogP contribution in [-0.4, -0.2) is 43.9 Å². The highest BCUT2D eigenvalue weighted by Gasteiger charge is 2.16. The minimum atomic E-state index is -0.989. The van der Waals surface area contributed by atoms with E-state index in [-0.39, 0.29) is 6.61 Å². The minimum Gasteiger partial charge on any atom is -0.480 e. The van der Waals surface area contributed by atoms with Gasteiger partial charge in [-0.1, -0.05) is 0 Å². The molecule has 0 aliphatic rings. The first kappa shape index (κ1) is 22.8. The van der Waals surface area contributed by atoms with Gasteiger partial charge in [-0.15, -0.1) is 0 Å². The number of aliphatic carboxylic acids is 2. The minimum absolute atomic E-state index is 0.0805. The first-order chi connectivity index (χ1) is 13.8. The normalized spacial score (nSPS) is 13.5. The van der Waals surface area contributed by atoms with Gasteiger partial charge in [0.25, 0.3) is 0 Å². The Morgan fingerprint density at radius 2 is 1.66 bits per heavy atom. The summed E-state index contributed by atoms with van der Waals surface area (Å²) >= 11 is 0. The second-order valence-corrected chi connectivity index (χ2v) is 7.35. The number of hydrogen-bond acceptors (Lipinski definition) is 5. The number of nitrogens with two attached hydrogens (primary N) is 2. The van der Waals surface area contributed by atoms with Crippen molar-refractivity contribution in [2.45, 2.75) is 70.3 Å². The molecule has 0 aliphatic heterocycles. The number of aliphatic hydroxyl groups excluding tert-OH is 1. The van der Waals surface area contributed by atoms with E-state index in [4.69, 9.17) is 21.7 Å². The monoisotopic (exact) mass is 407 g/mol. The maximum atomic E-state index is 10.8. The Balaban J connectivity index is 1.99. The quantitative estimate of drug-likeness (QED) is 0.240. The molecular formula is C20H31N4O5+. The summed E-state index contributed by atoms with van der Waals surface area (Å²) in [5, 5.41) is 28.4. The summed E-state index contributed by atoms with van der Waals surface area (Å²) < 4.78 is 4.10. The molecule has 0 spiro atoms. The van der Waals surface area contributed by atoms with E-state index < -0.39 is 24.0 Å². The average molecular weight is 407 g/mol. The summed E-state index contributed by atoms with van der Waals surface area (Å²) in [6.07, 6.45) is 7.85. The topological polar surface area (TPSA) is 156 Å². The molecule has 0 radical (unpaired) electrons. The molecule has 9 nitrogen and oxygen atoms in total. The van der Waals surface area contributed by atoms with Crippen LogP contribution >= 0.6 is 0 Å². The van der Waals surface area contributed by atoms with Crippen LogP contribution in [0.25, 0.3) is 10.9 Å². The lowest BCUT2D eigenvalue weighted by Gasteiger charge is -2.09. The van der Waals surface area contributed by atoms with Gasteiger partial charge in [-0.05, 0) is 38.2 Å². The van der Waals surface area contributed by atoms with Crippen molar-refractivity contribution in [3.8, 4) is 0 Å². The lowest BCUT2D eigenvalue weighted by Crippen LogP contribution is -2.38. The SMILES string of the molecule is N[C@H](CCCCn1ccc2cc(CO)[n+](CCCC[C@@H](N)C(=O)O)cc21)C(=O)O. The predicted molar refractivity (Wildman–Crippen MR) is 107 cm³/mol. The van der Waals surface area contributed by atoms with Gasteiger partial charge in [-0.3, -0.25) is 9.59 Å². The molecule has 29 heavy (non-hydrogen) atoms. The third-order valence-corrected chi connectivity index (χ3v) is 5.13. The molecule has 2 heterocycles. The van der Waals surface area contributed by atoms with Crippen LogP contribution in [0.4, 0.5) is 0 Å². The zero-order valence-corrected chi connectivity index (χ0v) is 16.5. The second-order valence-electron chi connectivity index (χ2n) is 7.35. The summed E-state index contributed by atoms with van der Waals surface area (Å²) in [6, 6.07) is 2.29. The maximum Gasteiger partial charge on any atom is 0.320 e. The van der Waals surface area contributed by atoms with E-state index in [1.54, 1.807) is 0 Å². The van der Waals surface area contributed by atoms with Crippen LogP contribution < -0.4 is 16.0 Å². The first-order valence-electron chi connectivity index (χ1n) is 9.92. The molecule has 9 heteroatoms. The van der Waals surface area contributed by atoms with Crippen LogP contribution in [0.1, 0.15) is 44.2 Å². The predicted octanol–water partition coefficient (Wildman–Crippen LogP) is 0.586. The van der Waals surface area contributed by atoms with E-state index in [9.17, 15) is 14.7 Å². The van der Waals surface area contributed by atoms with Gasteiger partial charge >= 0.3 is 11.9 Å². The van der Waals surface area contributed by atoms with Crippen LogP contribution in [-0.2, 0) is 29.3 Å². The van der Waals surface area contributed by atoms with Crippen molar-refractivity contribution in [2.75, 3.05) is 0 Å². The number of carboxylic acid groups (broad SMARTS) is 2. The van der Waals surface area contributed by atoms with Crippen LogP contribution in [0, 0.1) is 0 Å². The fourth-order valence-electron chi connectivity index (χ4n) is 3.34. The Kier molecular flexibility index (Phi) is 8.56. The summed E-state index contributed by atoms with van der Waals surface area (Å²) in [5.74, 6) is -1.96. The Bertz CT molecular complexity index is 836. The molecule has 0 aliphatic carbocycles. The van der Waals surface area contributed by atoms with Crippen molar-refractivity contribution in [1.29, 1.82) is 0 Å². The van der Waals surface area contributed by atoms with E-state index >= 15 is 0 Å². The number of aliphatic hydroxyl groups is 1. The van der Waals surface area contributed by atoms with Gasteiger partial charge in [0.1, 0.15) is 30.8 Å². The fourth-order valence-corrected chi connectivity index (χ4v) is 3.34. The number of aromatic nitrogens is 2. The molecule has 2 aromatic rings. The molecule has 0 fully saturated rings. The van der Waals surface area contributed by atoms with Gasteiger partial charge in [0.15, 0.2) is 6.20 Å². The third kappa shape index (κ3) is 6.52. The lowest BCUT2D eigenvalue weighted by molar-refractivity contribution is -0.705.